The predicted molar refractivity (Wildman–Crippen MR) is 71.2 cm³/mol. The fraction of sp³-hybridized carbons (Fsp3) is 0.385. The van der Waals surface area contributed by atoms with Crippen LogP contribution in [0.3, 0.4) is 0 Å². The first-order chi connectivity index (χ1) is 9.17. The third-order valence-corrected chi connectivity index (χ3v) is 2.92. The van der Waals surface area contributed by atoms with Crippen molar-refractivity contribution < 1.29 is 9.47 Å². The van der Waals surface area contributed by atoms with Gasteiger partial charge in [-0.3, -0.25) is 4.68 Å². The Kier molecular flexibility index (Phi) is 4.01. The number of ether oxygens (including phenoxy) is 2. The van der Waals surface area contributed by atoms with Gasteiger partial charge in [-0.2, -0.15) is 5.10 Å². The molecule has 6 heteroatoms. The first kappa shape index (κ1) is 13.4. The van der Waals surface area contributed by atoms with Crippen LogP contribution < -0.4 is 15.2 Å². The minimum Gasteiger partial charge on any atom is -0.497 e. The third-order valence-electron chi connectivity index (χ3n) is 2.92. The summed E-state index contributed by atoms with van der Waals surface area (Å²) in [5, 5.41) is 4.23. The van der Waals surface area contributed by atoms with Gasteiger partial charge in [-0.1, -0.05) is 0 Å². The molecule has 0 saturated heterocycles. The molecule has 19 heavy (non-hydrogen) atoms. The molecule has 0 fully saturated rings. The Morgan fingerprint density at radius 2 is 2.05 bits per heavy atom. The molecule has 0 spiro atoms. The molecule has 102 valence electrons. The first-order valence-corrected chi connectivity index (χ1v) is 5.97. The van der Waals surface area contributed by atoms with Crippen LogP contribution in [0.1, 0.15) is 17.2 Å². The first-order valence-electron chi connectivity index (χ1n) is 5.97. The second-order valence-electron chi connectivity index (χ2n) is 4.13. The summed E-state index contributed by atoms with van der Waals surface area (Å²) in [4.78, 5) is 4.38. The van der Waals surface area contributed by atoms with Crippen molar-refractivity contribution >= 4 is 0 Å². The average Bonchev–Trinajstić information content (AvgIpc) is 2.79. The highest BCUT2D eigenvalue weighted by Crippen LogP contribution is 2.25. The lowest BCUT2D eigenvalue weighted by Gasteiger charge is -2.09. The van der Waals surface area contributed by atoms with E-state index in [2.05, 4.69) is 10.1 Å². The largest absolute Gasteiger partial charge is 0.497 e. The van der Waals surface area contributed by atoms with Crippen molar-refractivity contribution in [1.29, 1.82) is 0 Å². The van der Waals surface area contributed by atoms with Gasteiger partial charge in [0, 0.05) is 19.0 Å². The number of hydrogen-bond donors (Lipinski definition) is 1. The number of hydrogen-bond acceptors (Lipinski definition) is 5. The van der Waals surface area contributed by atoms with Crippen LogP contribution in [0.4, 0.5) is 0 Å². The molecule has 0 atom stereocenters. The Bertz CT molecular complexity index is 566. The molecule has 0 bridgehead atoms. The molecule has 0 saturated carbocycles. The van der Waals surface area contributed by atoms with E-state index in [4.69, 9.17) is 15.2 Å². The topological polar surface area (TPSA) is 75.2 Å². The highest BCUT2D eigenvalue weighted by molar-refractivity contribution is 5.41. The normalized spacial score (nSPS) is 10.5. The van der Waals surface area contributed by atoms with E-state index in [1.165, 1.54) is 0 Å². The van der Waals surface area contributed by atoms with Gasteiger partial charge in [0.2, 0.25) is 0 Å². The SMILES string of the molecule is COc1ccc(OC)c(Cc2nc(CN)nn2C)c1. The van der Waals surface area contributed by atoms with E-state index in [9.17, 15) is 0 Å². The van der Waals surface area contributed by atoms with Crippen molar-refractivity contribution in [3.05, 3.63) is 35.4 Å². The van der Waals surface area contributed by atoms with Crippen molar-refractivity contribution in [2.45, 2.75) is 13.0 Å². The highest BCUT2D eigenvalue weighted by atomic mass is 16.5. The molecule has 6 nitrogen and oxygen atoms in total. The second kappa shape index (κ2) is 5.71. The maximum Gasteiger partial charge on any atom is 0.164 e. The van der Waals surface area contributed by atoms with Crippen molar-refractivity contribution in [3.63, 3.8) is 0 Å². The zero-order valence-electron chi connectivity index (χ0n) is 11.4. The summed E-state index contributed by atoms with van der Waals surface area (Å²) in [6, 6.07) is 5.69. The number of aryl methyl sites for hydroxylation is 1. The fourth-order valence-corrected chi connectivity index (χ4v) is 1.91. The van der Waals surface area contributed by atoms with E-state index >= 15 is 0 Å². The van der Waals surface area contributed by atoms with Gasteiger partial charge in [0.15, 0.2) is 5.82 Å². The van der Waals surface area contributed by atoms with Crippen LogP contribution in [0, 0.1) is 0 Å². The predicted octanol–water partition coefficient (Wildman–Crippen LogP) is 0.882. The highest BCUT2D eigenvalue weighted by Gasteiger charge is 2.11. The molecule has 1 aromatic heterocycles. The van der Waals surface area contributed by atoms with E-state index in [1.54, 1.807) is 18.9 Å². The van der Waals surface area contributed by atoms with Crippen LogP contribution in [0.15, 0.2) is 18.2 Å². The van der Waals surface area contributed by atoms with Gasteiger partial charge in [-0.15, -0.1) is 0 Å². The molecule has 2 N–H and O–H groups in total. The molecule has 0 aliphatic carbocycles. The maximum absolute atomic E-state index is 5.54. The van der Waals surface area contributed by atoms with Gasteiger partial charge in [-0.05, 0) is 18.2 Å². The van der Waals surface area contributed by atoms with Crippen LogP contribution in [0.5, 0.6) is 11.5 Å². The minimum absolute atomic E-state index is 0.336. The molecule has 0 amide bonds. The van der Waals surface area contributed by atoms with Crippen molar-refractivity contribution in [2.75, 3.05) is 14.2 Å². The summed E-state index contributed by atoms with van der Waals surface area (Å²) in [6.07, 6.45) is 0.615. The van der Waals surface area contributed by atoms with Crippen LogP contribution in [-0.4, -0.2) is 29.0 Å². The zero-order chi connectivity index (χ0) is 13.8. The van der Waals surface area contributed by atoms with E-state index in [0.29, 0.717) is 18.8 Å². The summed E-state index contributed by atoms with van der Waals surface area (Å²) >= 11 is 0. The quantitative estimate of drug-likeness (QED) is 0.865. The zero-order valence-corrected chi connectivity index (χ0v) is 11.4. The Morgan fingerprint density at radius 3 is 2.63 bits per heavy atom. The molecule has 1 heterocycles. The lowest BCUT2D eigenvalue weighted by molar-refractivity contribution is 0.399. The molecule has 2 rings (SSSR count). The van der Waals surface area contributed by atoms with E-state index in [1.807, 2.05) is 25.2 Å². The Labute approximate surface area is 112 Å². The molecule has 0 radical (unpaired) electrons. The standard InChI is InChI=1S/C13H18N4O2/c1-17-13(15-12(8-14)16-17)7-9-6-10(18-2)4-5-11(9)19-3/h4-6H,7-8,14H2,1-3H3. The maximum atomic E-state index is 5.54. The molecule has 2 aromatic rings. The number of benzene rings is 1. The third kappa shape index (κ3) is 2.85. The van der Waals surface area contributed by atoms with Gasteiger partial charge >= 0.3 is 0 Å². The molecular formula is C13H18N4O2. The van der Waals surface area contributed by atoms with Gasteiger partial charge in [0.1, 0.15) is 17.3 Å². The van der Waals surface area contributed by atoms with Gasteiger partial charge < -0.3 is 15.2 Å². The van der Waals surface area contributed by atoms with Crippen LogP contribution in [0.2, 0.25) is 0 Å². The van der Waals surface area contributed by atoms with Crippen LogP contribution in [0.25, 0.3) is 0 Å². The monoisotopic (exact) mass is 262 g/mol. The lowest BCUT2D eigenvalue weighted by Crippen LogP contribution is -2.02. The lowest BCUT2D eigenvalue weighted by atomic mass is 10.1. The van der Waals surface area contributed by atoms with E-state index in [-0.39, 0.29) is 0 Å². The molecule has 0 aliphatic rings. The van der Waals surface area contributed by atoms with E-state index in [0.717, 1.165) is 22.9 Å². The second-order valence-corrected chi connectivity index (χ2v) is 4.13. The number of aromatic nitrogens is 3. The smallest absolute Gasteiger partial charge is 0.164 e. The molecule has 0 unspecified atom stereocenters. The average molecular weight is 262 g/mol. The van der Waals surface area contributed by atoms with Crippen molar-refractivity contribution in [3.8, 4) is 11.5 Å². The summed E-state index contributed by atoms with van der Waals surface area (Å²) in [5.41, 5.74) is 6.54. The van der Waals surface area contributed by atoms with Gasteiger partial charge in [0.25, 0.3) is 0 Å². The Morgan fingerprint density at radius 1 is 1.26 bits per heavy atom. The number of methoxy groups -OCH3 is 2. The number of nitrogens with zero attached hydrogens (tertiary/aromatic N) is 3. The Hall–Kier alpha value is -2.08. The molecule has 0 aliphatic heterocycles. The van der Waals surface area contributed by atoms with Crippen LogP contribution in [-0.2, 0) is 20.0 Å². The number of rotatable bonds is 5. The van der Waals surface area contributed by atoms with Gasteiger partial charge in [0.05, 0.1) is 20.8 Å². The Balaban J connectivity index is 2.33. The van der Waals surface area contributed by atoms with E-state index < -0.39 is 0 Å². The van der Waals surface area contributed by atoms with Crippen molar-refractivity contribution in [1.82, 2.24) is 14.8 Å². The summed E-state index contributed by atoms with van der Waals surface area (Å²) < 4.78 is 12.3. The summed E-state index contributed by atoms with van der Waals surface area (Å²) in [5.74, 6) is 3.07. The molecular weight excluding hydrogens is 244 g/mol. The van der Waals surface area contributed by atoms with Gasteiger partial charge in [-0.25, -0.2) is 4.98 Å². The molecule has 1 aromatic carbocycles. The summed E-state index contributed by atoms with van der Waals surface area (Å²) in [6.45, 7) is 0.336. The minimum atomic E-state index is 0.336. The van der Waals surface area contributed by atoms with Crippen LogP contribution >= 0.6 is 0 Å². The summed E-state index contributed by atoms with van der Waals surface area (Å²) in [7, 11) is 5.14. The fourth-order valence-electron chi connectivity index (χ4n) is 1.91. The number of nitrogens with two attached hydrogens (primary N) is 1. The van der Waals surface area contributed by atoms with Crippen molar-refractivity contribution in [2.24, 2.45) is 12.8 Å².